The number of urea groups is 1. The highest BCUT2D eigenvalue weighted by Crippen LogP contribution is 2.57. The molecule has 114 valence electrons. The van der Waals surface area contributed by atoms with Crippen LogP contribution in [0.5, 0.6) is 0 Å². The first kappa shape index (κ1) is 13.8. The molecule has 6 heteroatoms. The Hall–Kier alpha value is -1.88. The Labute approximate surface area is 132 Å². The Balaban J connectivity index is 2.00. The van der Waals surface area contributed by atoms with Crippen molar-refractivity contribution in [3.63, 3.8) is 0 Å². The van der Waals surface area contributed by atoms with Gasteiger partial charge in [0.1, 0.15) is 0 Å². The van der Waals surface area contributed by atoms with E-state index in [4.69, 9.17) is 11.6 Å². The minimum atomic E-state index is -2.14. The molecular weight excluding hydrogens is 307 g/mol. The van der Waals surface area contributed by atoms with Gasteiger partial charge in [-0.1, -0.05) is 35.9 Å². The average molecular weight is 321 g/mol. The zero-order valence-corrected chi connectivity index (χ0v) is 12.8. The molecule has 4 nitrogen and oxygen atoms in total. The summed E-state index contributed by atoms with van der Waals surface area (Å²) in [5.74, 6) is -1.91. The fraction of sp³-hybridized carbons (Fsp3) is 0.375. The molecule has 0 N–H and O–H groups in total. The second-order valence-corrected chi connectivity index (χ2v) is 6.51. The SMILES string of the molecule is CN1C(=O)N(C)[C@@H]2[C@H]3C=C[C@H](c4cccc(Cl)c43)[C@]2(F)C1=O. The molecule has 0 unspecified atom stereocenters. The van der Waals surface area contributed by atoms with E-state index in [1.165, 1.54) is 19.0 Å². The molecule has 5 rings (SSSR count). The average Bonchev–Trinajstić information content (AvgIpc) is 2.51. The molecule has 0 radical (unpaired) electrons. The van der Waals surface area contributed by atoms with Crippen molar-refractivity contribution in [1.29, 1.82) is 0 Å². The summed E-state index contributed by atoms with van der Waals surface area (Å²) in [6, 6.07) is 3.99. The van der Waals surface area contributed by atoms with Crippen LogP contribution in [-0.4, -0.2) is 47.5 Å². The van der Waals surface area contributed by atoms with Gasteiger partial charge < -0.3 is 4.90 Å². The number of likely N-dealkylation sites (N-methyl/N-ethyl adjacent to an activating group) is 1. The van der Waals surface area contributed by atoms with Crippen LogP contribution in [0.4, 0.5) is 9.18 Å². The van der Waals surface area contributed by atoms with Gasteiger partial charge in [0, 0.05) is 31.0 Å². The molecular formula is C16H14ClFN2O2. The topological polar surface area (TPSA) is 40.6 Å². The molecule has 1 aliphatic heterocycles. The number of carbonyl (C=O) groups is 2. The molecule has 0 spiro atoms. The Morgan fingerprint density at radius 3 is 2.68 bits per heavy atom. The molecule has 0 saturated carbocycles. The number of hydrogen-bond donors (Lipinski definition) is 0. The Kier molecular flexibility index (Phi) is 2.57. The highest BCUT2D eigenvalue weighted by molar-refractivity contribution is 6.31. The summed E-state index contributed by atoms with van der Waals surface area (Å²) in [5.41, 5.74) is -0.579. The zero-order valence-electron chi connectivity index (χ0n) is 12.1. The first-order chi connectivity index (χ1) is 10.4. The predicted molar refractivity (Wildman–Crippen MR) is 79.6 cm³/mol. The first-order valence-electron chi connectivity index (χ1n) is 7.09. The monoisotopic (exact) mass is 320 g/mol. The fourth-order valence-electron chi connectivity index (χ4n) is 4.16. The van der Waals surface area contributed by atoms with Gasteiger partial charge in [-0.25, -0.2) is 9.18 Å². The lowest BCUT2D eigenvalue weighted by molar-refractivity contribution is -0.153. The van der Waals surface area contributed by atoms with E-state index in [1.807, 2.05) is 12.1 Å². The van der Waals surface area contributed by atoms with Crippen molar-refractivity contribution in [3.8, 4) is 0 Å². The van der Waals surface area contributed by atoms with E-state index in [9.17, 15) is 9.59 Å². The number of alkyl halides is 1. The third-order valence-corrected chi connectivity index (χ3v) is 5.46. The maximum Gasteiger partial charge on any atom is 0.326 e. The smallest absolute Gasteiger partial charge is 0.320 e. The third-order valence-electron chi connectivity index (χ3n) is 5.13. The summed E-state index contributed by atoms with van der Waals surface area (Å²) < 4.78 is 15.9. The molecule has 3 aliphatic carbocycles. The Morgan fingerprint density at radius 2 is 1.95 bits per heavy atom. The summed E-state index contributed by atoms with van der Waals surface area (Å²) in [5, 5.41) is 0.547. The highest BCUT2D eigenvalue weighted by atomic mass is 35.5. The van der Waals surface area contributed by atoms with Gasteiger partial charge in [-0.15, -0.1) is 0 Å². The molecule has 3 amide bonds. The van der Waals surface area contributed by atoms with Crippen LogP contribution >= 0.6 is 11.6 Å². The van der Waals surface area contributed by atoms with Gasteiger partial charge in [0.25, 0.3) is 5.91 Å². The van der Waals surface area contributed by atoms with E-state index < -0.39 is 35.5 Å². The Bertz CT molecular complexity index is 750. The van der Waals surface area contributed by atoms with Crippen molar-refractivity contribution in [1.82, 2.24) is 9.80 Å². The lowest BCUT2D eigenvalue weighted by Gasteiger charge is -2.55. The van der Waals surface area contributed by atoms with Crippen molar-refractivity contribution in [2.75, 3.05) is 14.1 Å². The number of rotatable bonds is 0. The number of hydrogen-bond acceptors (Lipinski definition) is 2. The molecule has 1 aromatic rings. The standard InChI is InChI=1S/C16H14ClFN2O2/c1-19-13-9-6-7-10(8-4-3-5-11(17)12(8)9)16(13,18)14(21)20(2)15(19)22/h3-7,9-10,13H,1-2H3/t9-,10+,13+,16+/m0/s1. The lowest BCUT2D eigenvalue weighted by atomic mass is 9.59. The molecule has 1 heterocycles. The zero-order chi connectivity index (χ0) is 15.8. The third kappa shape index (κ3) is 1.33. The summed E-state index contributed by atoms with van der Waals surface area (Å²) in [6.07, 6.45) is 3.60. The second kappa shape index (κ2) is 4.10. The number of benzene rings is 1. The minimum Gasteiger partial charge on any atom is -0.320 e. The van der Waals surface area contributed by atoms with Crippen molar-refractivity contribution in [2.24, 2.45) is 0 Å². The summed E-state index contributed by atoms with van der Waals surface area (Å²) >= 11 is 6.31. The van der Waals surface area contributed by atoms with Gasteiger partial charge in [0.2, 0.25) is 5.67 Å². The molecule has 4 aliphatic rings. The minimum absolute atomic E-state index is 0.412. The summed E-state index contributed by atoms with van der Waals surface area (Å²) in [6.45, 7) is 0. The summed E-state index contributed by atoms with van der Waals surface area (Å²) in [4.78, 5) is 27.0. The van der Waals surface area contributed by atoms with E-state index in [1.54, 1.807) is 18.2 Å². The normalized spacial score (nSPS) is 35.7. The molecule has 22 heavy (non-hydrogen) atoms. The van der Waals surface area contributed by atoms with Gasteiger partial charge in [0.15, 0.2) is 0 Å². The molecule has 4 atom stereocenters. The van der Waals surface area contributed by atoms with Crippen LogP contribution in [-0.2, 0) is 4.79 Å². The maximum atomic E-state index is 15.9. The molecule has 0 aromatic heterocycles. The van der Waals surface area contributed by atoms with E-state index in [-0.39, 0.29) is 0 Å². The van der Waals surface area contributed by atoms with Gasteiger partial charge >= 0.3 is 6.03 Å². The number of allylic oxidation sites excluding steroid dienone is 1. The summed E-state index contributed by atoms with van der Waals surface area (Å²) in [7, 11) is 2.86. The van der Waals surface area contributed by atoms with Gasteiger partial charge in [-0.05, 0) is 17.2 Å². The maximum absolute atomic E-state index is 15.9. The van der Waals surface area contributed by atoms with Crippen LogP contribution in [0.1, 0.15) is 23.0 Å². The van der Waals surface area contributed by atoms with E-state index in [0.717, 1.165) is 16.0 Å². The van der Waals surface area contributed by atoms with Crippen LogP contribution in [0, 0.1) is 0 Å². The molecule has 1 saturated heterocycles. The van der Waals surface area contributed by atoms with Crippen LogP contribution in [0.25, 0.3) is 0 Å². The van der Waals surface area contributed by atoms with Crippen molar-refractivity contribution in [2.45, 2.75) is 23.5 Å². The quantitative estimate of drug-likeness (QED) is 0.690. The van der Waals surface area contributed by atoms with Crippen molar-refractivity contribution in [3.05, 3.63) is 46.5 Å². The van der Waals surface area contributed by atoms with Crippen LogP contribution in [0.2, 0.25) is 5.02 Å². The largest absolute Gasteiger partial charge is 0.326 e. The fourth-order valence-corrected chi connectivity index (χ4v) is 4.47. The van der Waals surface area contributed by atoms with E-state index in [2.05, 4.69) is 0 Å². The van der Waals surface area contributed by atoms with Gasteiger partial charge in [-0.3, -0.25) is 9.69 Å². The van der Waals surface area contributed by atoms with E-state index in [0.29, 0.717) is 5.02 Å². The first-order valence-corrected chi connectivity index (χ1v) is 7.47. The molecule has 2 bridgehead atoms. The predicted octanol–water partition coefficient (Wildman–Crippen LogP) is 2.69. The highest BCUT2D eigenvalue weighted by Gasteiger charge is 2.66. The van der Waals surface area contributed by atoms with E-state index >= 15 is 4.39 Å². The number of imide groups is 1. The van der Waals surface area contributed by atoms with Crippen LogP contribution < -0.4 is 0 Å². The van der Waals surface area contributed by atoms with Crippen LogP contribution in [0.15, 0.2) is 30.4 Å². The number of carbonyl (C=O) groups excluding carboxylic acids is 2. The number of nitrogens with zero attached hydrogens (tertiary/aromatic N) is 2. The van der Waals surface area contributed by atoms with Gasteiger partial charge in [0.05, 0.1) is 6.04 Å². The molecule has 1 aromatic carbocycles. The van der Waals surface area contributed by atoms with Crippen molar-refractivity contribution >= 4 is 23.5 Å². The number of halogens is 2. The molecule has 1 fully saturated rings. The van der Waals surface area contributed by atoms with Gasteiger partial charge in [-0.2, -0.15) is 0 Å². The second-order valence-electron chi connectivity index (χ2n) is 6.10. The van der Waals surface area contributed by atoms with Crippen molar-refractivity contribution < 1.29 is 14.0 Å². The Morgan fingerprint density at radius 1 is 1.23 bits per heavy atom. The van der Waals surface area contributed by atoms with Crippen LogP contribution in [0.3, 0.4) is 0 Å². The number of amides is 3. The lowest BCUT2D eigenvalue weighted by Crippen LogP contribution is -2.72.